The highest BCUT2D eigenvalue weighted by atomic mass is 32.2. The molecule has 0 spiro atoms. The van der Waals surface area contributed by atoms with Crippen molar-refractivity contribution in [2.45, 2.75) is 69.7 Å². The number of aryl methyl sites for hydroxylation is 1. The lowest BCUT2D eigenvalue weighted by molar-refractivity contribution is -0.135. The van der Waals surface area contributed by atoms with Crippen LogP contribution in [-0.4, -0.2) is 50.3 Å². The fraction of sp³-hybridized carbons (Fsp3) is 0.371. The third-order valence-electron chi connectivity index (χ3n) is 9.00. The monoisotopic (exact) mass is 615 g/mol. The number of nitrogens with one attached hydrogen (secondary N) is 2. The topological polar surface area (TPSA) is 109 Å². The molecule has 2 amide bonds. The van der Waals surface area contributed by atoms with Crippen LogP contribution in [0.25, 0.3) is 10.9 Å². The van der Waals surface area contributed by atoms with Crippen LogP contribution in [0.2, 0.25) is 0 Å². The molecular weight excluding hydrogens is 574 g/mol. The molecule has 1 saturated carbocycles. The minimum absolute atomic E-state index is 0.0591. The lowest BCUT2D eigenvalue weighted by Gasteiger charge is -2.27. The van der Waals surface area contributed by atoms with Crippen molar-refractivity contribution >= 4 is 32.7 Å². The number of aromatic amines is 1. The molecule has 2 atom stereocenters. The van der Waals surface area contributed by atoms with Crippen LogP contribution >= 0.6 is 0 Å². The maximum absolute atomic E-state index is 13.2. The summed E-state index contributed by atoms with van der Waals surface area (Å²) in [5, 5.41) is 1.06. The number of methoxy groups -OCH3 is 1. The Morgan fingerprint density at radius 3 is 2.45 bits per heavy atom. The predicted octanol–water partition coefficient (Wildman–Crippen LogP) is 6.34. The minimum Gasteiger partial charge on any atom is -0.496 e. The molecule has 3 aromatic carbocycles. The number of rotatable bonds is 10. The summed E-state index contributed by atoms with van der Waals surface area (Å²) in [7, 11) is -0.567. The Kier molecular flexibility index (Phi) is 9.15. The van der Waals surface area contributed by atoms with Gasteiger partial charge in [0.05, 0.1) is 12.0 Å². The van der Waals surface area contributed by atoms with Crippen LogP contribution in [0.4, 0.5) is 0 Å². The Bertz CT molecular complexity index is 1790. The molecule has 1 aliphatic rings. The Morgan fingerprint density at radius 1 is 1.02 bits per heavy atom. The van der Waals surface area contributed by atoms with Gasteiger partial charge in [-0.15, -0.1) is 0 Å². The smallest absolute Gasteiger partial charge is 0.265 e. The average Bonchev–Trinajstić information content (AvgIpc) is 3.70. The van der Waals surface area contributed by atoms with Crippen molar-refractivity contribution in [3.8, 4) is 5.75 Å². The Morgan fingerprint density at radius 2 is 1.75 bits per heavy atom. The number of carbonyl (C=O) groups is 2. The van der Waals surface area contributed by atoms with E-state index in [0.29, 0.717) is 23.8 Å². The first-order valence-corrected chi connectivity index (χ1v) is 16.7. The number of hydrogen-bond donors (Lipinski definition) is 2. The van der Waals surface area contributed by atoms with Crippen molar-refractivity contribution in [1.29, 1.82) is 0 Å². The molecule has 4 aromatic rings. The van der Waals surface area contributed by atoms with Gasteiger partial charge in [0, 0.05) is 53.2 Å². The summed E-state index contributed by atoms with van der Waals surface area (Å²) in [5.74, 6) is -0.274. The number of nitrogens with zero attached hydrogens (tertiary/aromatic N) is 1. The van der Waals surface area contributed by atoms with Crippen LogP contribution in [-0.2, 0) is 21.2 Å². The maximum atomic E-state index is 13.2. The summed E-state index contributed by atoms with van der Waals surface area (Å²) >= 11 is 0. The summed E-state index contributed by atoms with van der Waals surface area (Å²) in [5.41, 5.74) is 4.74. The molecule has 0 aliphatic heterocycles. The quantitative estimate of drug-likeness (QED) is 0.217. The first-order valence-electron chi connectivity index (χ1n) is 15.2. The largest absolute Gasteiger partial charge is 0.496 e. The van der Waals surface area contributed by atoms with Gasteiger partial charge in [0.15, 0.2) is 0 Å². The van der Waals surface area contributed by atoms with E-state index < -0.39 is 15.9 Å². The average molecular weight is 616 g/mol. The number of ether oxygens (including phenoxy) is 1. The molecular formula is C35H41N3O5S. The van der Waals surface area contributed by atoms with E-state index in [-0.39, 0.29) is 28.2 Å². The van der Waals surface area contributed by atoms with Crippen molar-refractivity contribution < 1.29 is 22.7 Å². The van der Waals surface area contributed by atoms with Crippen LogP contribution in [0.15, 0.2) is 71.8 Å². The lowest BCUT2D eigenvalue weighted by atomic mass is 9.90. The van der Waals surface area contributed by atoms with E-state index in [1.165, 1.54) is 26.0 Å². The summed E-state index contributed by atoms with van der Waals surface area (Å²) in [6.07, 6.45) is 7.21. The summed E-state index contributed by atoms with van der Waals surface area (Å²) in [6, 6.07) is 18.1. The van der Waals surface area contributed by atoms with Gasteiger partial charge in [0.1, 0.15) is 5.75 Å². The van der Waals surface area contributed by atoms with Gasteiger partial charge in [0.25, 0.3) is 15.9 Å². The van der Waals surface area contributed by atoms with Gasteiger partial charge in [-0.3, -0.25) is 9.59 Å². The van der Waals surface area contributed by atoms with Crippen molar-refractivity contribution in [2.24, 2.45) is 5.92 Å². The number of amides is 2. The van der Waals surface area contributed by atoms with E-state index in [4.69, 9.17) is 4.74 Å². The predicted molar refractivity (Wildman–Crippen MR) is 173 cm³/mol. The van der Waals surface area contributed by atoms with Gasteiger partial charge in [-0.1, -0.05) is 57.0 Å². The molecule has 44 heavy (non-hydrogen) atoms. The molecule has 0 bridgehead atoms. The number of fused-ring (bicyclic) bond motifs is 1. The standard InChI is InChI=1S/C35H41N3O5S/c1-22-10-6-9-13-33(22)44(41,42)37-34(39)26-15-16-28(32(20-26)43-5)24(3)30-21-36-31-17-14-25(19-29(30)31)18-23(2)35(40)38(4)27-11-7-8-12-27/h6,9-10,13-17,19-21,23-24,27,36H,7-8,11-12,18H2,1-5H3,(H,37,39). The first kappa shape index (κ1) is 31.3. The number of aromatic nitrogens is 1. The van der Waals surface area contributed by atoms with E-state index >= 15 is 0 Å². The van der Waals surface area contributed by atoms with Gasteiger partial charge in [-0.2, -0.15) is 0 Å². The van der Waals surface area contributed by atoms with Crippen molar-refractivity contribution in [1.82, 2.24) is 14.6 Å². The molecule has 0 radical (unpaired) electrons. The van der Waals surface area contributed by atoms with Crippen LogP contribution in [0.1, 0.15) is 78.1 Å². The number of sulfonamides is 1. The summed E-state index contributed by atoms with van der Waals surface area (Å²) in [4.78, 5) is 31.5. The second-order valence-corrected chi connectivity index (χ2v) is 13.6. The normalized spacial score (nSPS) is 15.2. The zero-order chi connectivity index (χ0) is 31.6. The number of carbonyl (C=O) groups excluding carboxylic acids is 2. The van der Waals surface area contributed by atoms with E-state index in [0.717, 1.165) is 40.4 Å². The van der Waals surface area contributed by atoms with Gasteiger partial charge >= 0.3 is 0 Å². The minimum atomic E-state index is -4.04. The van der Waals surface area contributed by atoms with Crippen LogP contribution < -0.4 is 9.46 Å². The molecule has 1 aliphatic carbocycles. The SMILES string of the molecule is COc1cc(C(=O)NS(=O)(=O)c2ccccc2C)ccc1C(C)c1c[nH]c2ccc(CC(C)C(=O)N(C)C3CCCC3)cc12. The maximum Gasteiger partial charge on any atom is 0.265 e. The zero-order valence-electron chi connectivity index (χ0n) is 26.0. The van der Waals surface area contributed by atoms with Crippen LogP contribution in [0.5, 0.6) is 5.75 Å². The van der Waals surface area contributed by atoms with E-state index in [1.54, 1.807) is 43.3 Å². The van der Waals surface area contributed by atoms with Gasteiger partial charge in [-0.05, 0) is 73.2 Å². The van der Waals surface area contributed by atoms with E-state index in [2.05, 4.69) is 34.8 Å². The molecule has 1 fully saturated rings. The molecule has 232 valence electrons. The fourth-order valence-corrected chi connectivity index (χ4v) is 7.63. The highest BCUT2D eigenvalue weighted by Gasteiger charge is 2.27. The lowest BCUT2D eigenvalue weighted by Crippen LogP contribution is -2.39. The Labute approximate surface area is 259 Å². The summed E-state index contributed by atoms with van der Waals surface area (Å²) < 4.78 is 33.6. The van der Waals surface area contributed by atoms with E-state index in [9.17, 15) is 18.0 Å². The number of benzene rings is 3. The zero-order valence-corrected chi connectivity index (χ0v) is 26.8. The second kappa shape index (κ2) is 12.9. The molecule has 2 unspecified atom stereocenters. The van der Waals surface area contributed by atoms with Crippen molar-refractivity contribution in [3.63, 3.8) is 0 Å². The van der Waals surface area contributed by atoms with Gasteiger partial charge in [0.2, 0.25) is 5.91 Å². The van der Waals surface area contributed by atoms with Gasteiger partial charge < -0.3 is 14.6 Å². The third kappa shape index (κ3) is 6.38. The molecule has 0 saturated heterocycles. The van der Waals surface area contributed by atoms with Crippen LogP contribution in [0, 0.1) is 12.8 Å². The second-order valence-electron chi connectivity index (χ2n) is 12.0. The third-order valence-corrected chi connectivity index (χ3v) is 10.5. The molecule has 1 heterocycles. The van der Waals surface area contributed by atoms with Gasteiger partial charge in [-0.25, -0.2) is 13.1 Å². The molecule has 2 N–H and O–H groups in total. The van der Waals surface area contributed by atoms with E-state index in [1.807, 2.05) is 25.1 Å². The first-order chi connectivity index (χ1) is 21.0. The molecule has 9 heteroatoms. The molecule has 8 nitrogen and oxygen atoms in total. The molecule has 1 aromatic heterocycles. The van der Waals surface area contributed by atoms with Crippen molar-refractivity contribution in [3.05, 3.63) is 94.7 Å². The summed E-state index contributed by atoms with van der Waals surface area (Å²) in [6.45, 7) is 5.76. The van der Waals surface area contributed by atoms with Crippen molar-refractivity contribution in [2.75, 3.05) is 14.2 Å². The number of H-pyrrole nitrogens is 1. The number of hydrogen-bond acceptors (Lipinski definition) is 5. The molecule has 5 rings (SSSR count). The highest BCUT2D eigenvalue weighted by Crippen LogP contribution is 2.36. The Balaban J connectivity index is 1.35. The Hall–Kier alpha value is -4.11. The van der Waals surface area contributed by atoms with Crippen LogP contribution in [0.3, 0.4) is 0 Å². The highest BCUT2D eigenvalue weighted by molar-refractivity contribution is 7.90. The fourth-order valence-electron chi connectivity index (χ4n) is 6.41.